The van der Waals surface area contributed by atoms with E-state index in [1.165, 1.54) is 333 Å². The number of fused-ring (bicyclic) bond motifs is 10. The van der Waals surface area contributed by atoms with Crippen LogP contribution in [0.2, 0.25) is 0 Å². The maximum atomic E-state index is 6.78. The fourth-order valence-corrected chi connectivity index (χ4v) is 14.0. The molecule has 2 heteroatoms. The van der Waals surface area contributed by atoms with Crippen LogP contribution < -0.4 is 9.47 Å². The molecule has 0 bridgehead atoms. The standard InChI is InChI=1S/C80H118O2/c1-7-11-15-19-23-27-29-33-37-41-44-65(43-39-35-31-25-21-17-13-9-3)61-81-70-48-51-72-67(57-70)47-50-75-73(72)53-54-76-79-59-68-55-63(5)77-60-71(49-52-74(77)78(68)58-69(79)56-64(6)80(75)76)82-62-66(45-40-36-32-26-22-18-14-10-4)46-42-38-34-30-28-24-20-16-12-8-2/h47-60,65-66H,7-46,61-62H2,1-6H3. The van der Waals surface area contributed by atoms with E-state index in [9.17, 15) is 0 Å². The second kappa shape index (κ2) is 37.9. The van der Waals surface area contributed by atoms with Gasteiger partial charge in [0.15, 0.2) is 0 Å². The van der Waals surface area contributed by atoms with Gasteiger partial charge in [0.05, 0.1) is 13.2 Å². The number of ether oxygens (including phenoxy) is 2. The maximum Gasteiger partial charge on any atom is 0.119 e. The van der Waals surface area contributed by atoms with Crippen molar-refractivity contribution in [1.29, 1.82) is 0 Å². The molecule has 0 amide bonds. The molecule has 0 aliphatic carbocycles. The topological polar surface area (TPSA) is 18.5 Å². The molecule has 7 rings (SSSR count). The maximum absolute atomic E-state index is 6.78. The molecule has 0 spiro atoms. The quantitative estimate of drug-likeness (QED) is 0.0215. The number of aryl methyl sites for hydroxylation is 2. The van der Waals surface area contributed by atoms with Crippen molar-refractivity contribution in [1.82, 2.24) is 0 Å². The van der Waals surface area contributed by atoms with Crippen LogP contribution in [0.1, 0.15) is 296 Å². The summed E-state index contributed by atoms with van der Waals surface area (Å²) in [5.41, 5.74) is 2.65. The minimum absolute atomic E-state index is 0.635. The highest BCUT2D eigenvalue weighted by Crippen LogP contribution is 2.41. The third kappa shape index (κ3) is 21.0. The number of hydrogen-bond acceptors (Lipinski definition) is 2. The van der Waals surface area contributed by atoms with Gasteiger partial charge in [-0.2, -0.15) is 0 Å². The fraction of sp³-hybridized carbons (Fsp3) is 0.625. The zero-order valence-electron chi connectivity index (χ0n) is 53.8. The van der Waals surface area contributed by atoms with E-state index in [1.807, 2.05) is 0 Å². The largest absolute Gasteiger partial charge is 0.493 e. The van der Waals surface area contributed by atoms with Gasteiger partial charge in [-0.15, -0.1) is 0 Å². The molecule has 0 fully saturated rings. The van der Waals surface area contributed by atoms with Crippen molar-refractivity contribution in [2.75, 3.05) is 13.2 Å². The van der Waals surface area contributed by atoms with E-state index in [0.29, 0.717) is 11.8 Å². The molecule has 0 saturated heterocycles. The minimum atomic E-state index is 0.635. The average molecular weight is 1110 g/mol. The SMILES string of the molecule is CCCCCCCCCCCCC(CCCCCCCCCC)COc1ccc2c(ccc3c2ccc2c4cc5cc(C)c6cc(OCC(CCCCCCCCCC)CCCCCCCCCCCC)ccc6c5cc4cc(C)c23)c1. The van der Waals surface area contributed by atoms with E-state index < -0.39 is 0 Å². The van der Waals surface area contributed by atoms with Crippen molar-refractivity contribution < 1.29 is 9.47 Å². The van der Waals surface area contributed by atoms with Gasteiger partial charge in [0.25, 0.3) is 0 Å². The minimum Gasteiger partial charge on any atom is -0.493 e. The normalized spacial score (nSPS) is 12.8. The lowest BCUT2D eigenvalue weighted by Crippen LogP contribution is -2.12. The Hall–Kier alpha value is -4.30. The highest BCUT2D eigenvalue weighted by molar-refractivity contribution is 6.25. The molecule has 0 N–H and O–H groups in total. The summed E-state index contributed by atoms with van der Waals surface area (Å²) in [6.45, 7) is 15.5. The van der Waals surface area contributed by atoms with Crippen LogP contribution in [0.4, 0.5) is 0 Å². The van der Waals surface area contributed by atoms with Crippen LogP contribution in [-0.4, -0.2) is 13.2 Å². The first-order chi connectivity index (χ1) is 40.4. The summed E-state index contributed by atoms with van der Waals surface area (Å²) in [5.74, 6) is 3.32. The van der Waals surface area contributed by atoms with E-state index in [0.717, 1.165) is 24.7 Å². The molecule has 0 heterocycles. The smallest absolute Gasteiger partial charge is 0.119 e. The van der Waals surface area contributed by atoms with Crippen molar-refractivity contribution in [2.45, 2.75) is 298 Å². The van der Waals surface area contributed by atoms with E-state index in [2.05, 4.69) is 126 Å². The average Bonchev–Trinajstić information content (AvgIpc) is 1.83. The van der Waals surface area contributed by atoms with E-state index in [4.69, 9.17) is 9.47 Å². The lowest BCUT2D eigenvalue weighted by molar-refractivity contribution is 0.224. The molecule has 7 aromatic carbocycles. The van der Waals surface area contributed by atoms with Gasteiger partial charge < -0.3 is 9.47 Å². The molecule has 450 valence electrons. The van der Waals surface area contributed by atoms with Crippen molar-refractivity contribution in [3.05, 3.63) is 96.1 Å². The highest BCUT2D eigenvalue weighted by Gasteiger charge is 2.17. The van der Waals surface area contributed by atoms with Crippen LogP contribution >= 0.6 is 0 Å². The monoisotopic (exact) mass is 1110 g/mol. The Morgan fingerprint density at radius 3 is 1.01 bits per heavy atom. The zero-order valence-corrected chi connectivity index (χ0v) is 53.8. The second-order valence-corrected chi connectivity index (χ2v) is 26.2. The Bertz CT molecular complexity index is 2890. The number of rotatable bonds is 46. The van der Waals surface area contributed by atoms with E-state index >= 15 is 0 Å². The molecule has 2 nitrogen and oxygen atoms in total. The first kappa shape index (κ1) is 65.2. The molecule has 82 heavy (non-hydrogen) atoms. The van der Waals surface area contributed by atoms with Gasteiger partial charge in [-0.05, 0) is 164 Å². The molecule has 0 radical (unpaired) electrons. The van der Waals surface area contributed by atoms with Crippen LogP contribution in [0.25, 0.3) is 64.6 Å². The Balaban J connectivity index is 1.00. The number of benzene rings is 7. The lowest BCUT2D eigenvalue weighted by atomic mass is 9.89. The molecule has 0 aliphatic rings. The molecule has 2 unspecified atom stereocenters. The van der Waals surface area contributed by atoms with Crippen LogP contribution in [0.5, 0.6) is 11.5 Å². The fourth-order valence-electron chi connectivity index (χ4n) is 14.0. The van der Waals surface area contributed by atoms with Crippen LogP contribution in [0.3, 0.4) is 0 Å². The second-order valence-electron chi connectivity index (χ2n) is 26.2. The summed E-state index contributed by atoms with van der Waals surface area (Å²) in [5, 5.41) is 15.9. The summed E-state index contributed by atoms with van der Waals surface area (Å²) in [6.07, 6.45) is 55.2. The Kier molecular flexibility index (Phi) is 30.2. The highest BCUT2D eigenvalue weighted by atomic mass is 16.5. The zero-order chi connectivity index (χ0) is 57.4. The van der Waals surface area contributed by atoms with E-state index in [-0.39, 0.29) is 0 Å². The summed E-state index contributed by atoms with van der Waals surface area (Å²) in [7, 11) is 0. The van der Waals surface area contributed by atoms with Gasteiger partial charge in [0.2, 0.25) is 0 Å². The number of unbranched alkanes of at least 4 members (excludes halogenated alkanes) is 32. The van der Waals surface area contributed by atoms with Crippen molar-refractivity contribution >= 4 is 64.6 Å². The third-order valence-electron chi connectivity index (χ3n) is 19.2. The van der Waals surface area contributed by atoms with Gasteiger partial charge in [-0.1, -0.05) is 307 Å². The molecule has 0 saturated carbocycles. The first-order valence-electron chi connectivity index (χ1n) is 35.4. The summed E-state index contributed by atoms with van der Waals surface area (Å²) < 4.78 is 13.5. The third-order valence-corrected chi connectivity index (χ3v) is 19.2. The molecule has 0 aliphatic heterocycles. The van der Waals surface area contributed by atoms with Gasteiger partial charge in [0, 0.05) is 0 Å². The molecular weight excluding hydrogens is 993 g/mol. The van der Waals surface area contributed by atoms with E-state index in [1.54, 1.807) is 0 Å². The molecule has 2 atom stereocenters. The van der Waals surface area contributed by atoms with Crippen molar-refractivity contribution in [2.24, 2.45) is 11.8 Å². The van der Waals surface area contributed by atoms with Crippen LogP contribution in [0, 0.1) is 25.7 Å². The summed E-state index contributed by atoms with van der Waals surface area (Å²) in [4.78, 5) is 0. The molecular formula is C80H118O2. The van der Waals surface area contributed by atoms with Gasteiger partial charge >= 0.3 is 0 Å². The Morgan fingerprint density at radius 2 is 0.573 bits per heavy atom. The predicted molar refractivity (Wildman–Crippen MR) is 366 cm³/mol. The molecule has 0 aromatic heterocycles. The van der Waals surface area contributed by atoms with Gasteiger partial charge in [-0.3, -0.25) is 0 Å². The summed E-state index contributed by atoms with van der Waals surface area (Å²) in [6, 6.07) is 33.2. The molecule has 7 aromatic rings. The summed E-state index contributed by atoms with van der Waals surface area (Å²) >= 11 is 0. The lowest BCUT2D eigenvalue weighted by Gasteiger charge is -2.19. The van der Waals surface area contributed by atoms with Crippen LogP contribution in [0.15, 0.2) is 84.9 Å². The van der Waals surface area contributed by atoms with Gasteiger partial charge in [-0.25, -0.2) is 0 Å². The Labute approximate surface area is 502 Å². The van der Waals surface area contributed by atoms with Crippen molar-refractivity contribution in [3.8, 4) is 11.5 Å². The van der Waals surface area contributed by atoms with Crippen molar-refractivity contribution in [3.63, 3.8) is 0 Å². The first-order valence-corrected chi connectivity index (χ1v) is 35.4. The van der Waals surface area contributed by atoms with Crippen LogP contribution in [-0.2, 0) is 0 Å². The van der Waals surface area contributed by atoms with Gasteiger partial charge in [0.1, 0.15) is 11.5 Å². The number of hydrogen-bond donors (Lipinski definition) is 0. The Morgan fingerprint density at radius 1 is 0.256 bits per heavy atom. The predicted octanol–water partition coefficient (Wildman–Crippen LogP) is 26.9.